The van der Waals surface area contributed by atoms with Gasteiger partial charge in [-0.05, 0) is 30.4 Å². The third kappa shape index (κ3) is 8.22. The predicted octanol–water partition coefficient (Wildman–Crippen LogP) is 4.28. The molecule has 0 aromatic rings. The van der Waals surface area contributed by atoms with Crippen LogP contribution in [-0.4, -0.2) is 19.0 Å². The van der Waals surface area contributed by atoms with Crippen LogP contribution in [0.1, 0.15) is 46.5 Å². The van der Waals surface area contributed by atoms with Crippen LogP contribution in [0.25, 0.3) is 0 Å². The van der Waals surface area contributed by atoms with Crippen molar-refractivity contribution >= 4 is 22.6 Å². The standard InChI is InChI=1S/C12H23IO2/c1-5-6-7-8-11(9-10-13)15-12(2,3)14-4/h9-11H,5-8H2,1-4H3/b10-9+/t11-/m0/s1. The van der Waals surface area contributed by atoms with Gasteiger partial charge in [-0.15, -0.1) is 0 Å². The molecule has 0 radical (unpaired) electrons. The van der Waals surface area contributed by atoms with E-state index in [1.54, 1.807) is 7.11 Å². The fourth-order valence-corrected chi connectivity index (χ4v) is 1.75. The van der Waals surface area contributed by atoms with Gasteiger partial charge in [-0.25, -0.2) is 0 Å². The molecule has 0 N–H and O–H groups in total. The summed E-state index contributed by atoms with van der Waals surface area (Å²) in [7, 11) is 1.68. The van der Waals surface area contributed by atoms with Gasteiger partial charge >= 0.3 is 0 Å². The smallest absolute Gasteiger partial charge is 0.163 e. The van der Waals surface area contributed by atoms with Crippen LogP contribution in [-0.2, 0) is 9.47 Å². The molecule has 0 heterocycles. The number of hydrogen-bond acceptors (Lipinski definition) is 2. The number of methoxy groups -OCH3 is 1. The van der Waals surface area contributed by atoms with Gasteiger partial charge in [-0.3, -0.25) is 0 Å². The van der Waals surface area contributed by atoms with E-state index in [-0.39, 0.29) is 6.10 Å². The van der Waals surface area contributed by atoms with E-state index in [0.717, 1.165) is 6.42 Å². The lowest BCUT2D eigenvalue weighted by Gasteiger charge is -2.28. The van der Waals surface area contributed by atoms with Gasteiger partial charge in [0, 0.05) is 7.11 Å². The Morgan fingerprint density at radius 3 is 2.47 bits per heavy atom. The second-order valence-corrected chi connectivity index (χ2v) is 4.79. The van der Waals surface area contributed by atoms with Crippen molar-refractivity contribution in [1.82, 2.24) is 0 Å². The van der Waals surface area contributed by atoms with E-state index in [2.05, 4.69) is 35.6 Å². The van der Waals surface area contributed by atoms with Crippen molar-refractivity contribution in [2.24, 2.45) is 0 Å². The number of unbranched alkanes of at least 4 members (excludes halogenated alkanes) is 2. The Kier molecular flexibility index (Phi) is 8.75. The van der Waals surface area contributed by atoms with Crippen LogP contribution in [0.4, 0.5) is 0 Å². The first kappa shape index (κ1) is 15.4. The highest BCUT2D eigenvalue weighted by atomic mass is 127. The molecular formula is C12H23IO2. The predicted molar refractivity (Wildman–Crippen MR) is 73.3 cm³/mol. The molecule has 0 amide bonds. The second-order valence-electron chi connectivity index (χ2n) is 4.07. The second kappa shape index (κ2) is 8.53. The summed E-state index contributed by atoms with van der Waals surface area (Å²) in [6.07, 6.45) is 7.05. The zero-order chi connectivity index (χ0) is 11.7. The summed E-state index contributed by atoms with van der Waals surface area (Å²) in [5, 5.41) is 0. The molecule has 0 rings (SSSR count). The molecule has 0 bridgehead atoms. The third-order valence-corrected chi connectivity index (χ3v) is 2.72. The van der Waals surface area contributed by atoms with Crippen molar-refractivity contribution < 1.29 is 9.47 Å². The van der Waals surface area contributed by atoms with E-state index < -0.39 is 5.79 Å². The molecule has 3 heteroatoms. The minimum Gasteiger partial charge on any atom is -0.354 e. The van der Waals surface area contributed by atoms with Crippen LogP contribution in [0.5, 0.6) is 0 Å². The molecule has 15 heavy (non-hydrogen) atoms. The van der Waals surface area contributed by atoms with E-state index in [4.69, 9.17) is 9.47 Å². The molecule has 0 aromatic carbocycles. The largest absolute Gasteiger partial charge is 0.354 e. The first-order valence-corrected chi connectivity index (χ1v) is 6.80. The zero-order valence-corrected chi connectivity index (χ0v) is 12.4. The molecule has 0 saturated carbocycles. The van der Waals surface area contributed by atoms with Crippen LogP contribution in [0.3, 0.4) is 0 Å². The first-order valence-electron chi connectivity index (χ1n) is 5.55. The van der Waals surface area contributed by atoms with Crippen LogP contribution >= 0.6 is 22.6 Å². The number of ether oxygens (including phenoxy) is 2. The molecule has 1 atom stereocenters. The van der Waals surface area contributed by atoms with Crippen molar-refractivity contribution in [3.8, 4) is 0 Å². The highest BCUT2D eigenvalue weighted by Gasteiger charge is 2.21. The Morgan fingerprint density at radius 2 is 2.00 bits per heavy atom. The van der Waals surface area contributed by atoms with Gasteiger partial charge in [0.15, 0.2) is 5.79 Å². The van der Waals surface area contributed by atoms with Gasteiger partial charge in [0.1, 0.15) is 0 Å². The summed E-state index contributed by atoms with van der Waals surface area (Å²) in [6, 6.07) is 0. The molecule has 0 unspecified atom stereocenters. The fourth-order valence-electron chi connectivity index (χ4n) is 1.28. The number of rotatable bonds is 8. The Labute approximate surface area is 108 Å². The summed E-state index contributed by atoms with van der Waals surface area (Å²) >= 11 is 2.23. The van der Waals surface area contributed by atoms with Crippen LogP contribution < -0.4 is 0 Å². The van der Waals surface area contributed by atoms with Gasteiger partial charge in [0.25, 0.3) is 0 Å². The molecule has 0 aliphatic rings. The van der Waals surface area contributed by atoms with Crippen LogP contribution in [0.15, 0.2) is 10.2 Å². The van der Waals surface area contributed by atoms with E-state index in [0.29, 0.717) is 0 Å². The van der Waals surface area contributed by atoms with Gasteiger partial charge in [0.2, 0.25) is 0 Å². The lowest BCUT2D eigenvalue weighted by molar-refractivity contribution is -0.214. The maximum absolute atomic E-state index is 5.86. The maximum Gasteiger partial charge on any atom is 0.163 e. The Balaban J connectivity index is 4.03. The molecule has 90 valence electrons. The Morgan fingerprint density at radius 1 is 1.33 bits per heavy atom. The van der Waals surface area contributed by atoms with Gasteiger partial charge in [-0.2, -0.15) is 0 Å². The van der Waals surface area contributed by atoms with Crippen molar-refractivity contribution in [1.29, 1.82) is 0 Å². The maximum atomic E-state index is 5.86. The SMILES string of the molecule is CCCCC[C@@H](/C=C/I)OC(C)(C)OC. The zero-order valence-electron chi connectivity index (χ0n) is 10.3. The van der Waals surface area contributed by atoms with E-state index >= 15 is 0 Å². The van der Waals surface area contributed by atoms with Crippen molar-refractivity contribution in [3.05, 3.63) is 10.2 Å². The lowest BCUT2D eigenvalue weighted by Crippen LogP contribution is -2.31. The highest BCUT2D eigenvalue weighted by molar-refractivity contribution is 14.1. The molecule has 0 saturated heterocycles. The topological polar surface area (TPSA) is 18.5 Å². The monoisotopic (exact) mass is 326 g/mol. The van der Waals surface area contributed by atoms with Gasteiger partial charge in [0.05, 0.1) is 6.10 Å². The summed E-state index contributed by atoms with van der Waals surface area (Å²) in [4.78, 5) is 0. The van der Waals surface area contributed by atoms with Crippen LogP contribution in [0.2, 0.25) is 0 Å². The van der Waals surface area contributed by atoms with Crippen molar-refractivity contribution in [2.75, 3.05) is 7.11 Å². The molecular weight excluding hydrogens is 303 g/mol. The summed E-state index contributed by atoms with van der Waals surface area (Å²) in [5.74, 6) is -0.493. The Hall–Kier alpha value is 0.390. The first-order chi connectivity index (χ1) is 7.05. The highest BCUT2D eigenvalue weighted by Crippen LogP contribution is 2.18. The number of halogens is 1. The quantitative estimate of drug-likeness (QED) is 0.376. The number of hydrogen-bond donors (Lipinski definition) is 0. The van der Waals surface area contributed by atoms with Gasteiger partial charge < -0.3 is 9.47 Å². The summed E-state index contributed by atoms with van der Waals surface area (Å²) < 4.78 is 13.1. The molecule has 0 spiro atoms. The average Bonchev–Trinajstić information content (AvgIpc) is 2.18. The fraction of sp³-hybridized carbons (Fsp3) is 0.833. The van der Waals surface area contributed by atoms with E-state index in [1.807, 2.05) is 17.9 Å². The molecule has 0 fully saturated rings. The minimum atomic E-state index is -0.493. The third-order valence-electron chi connectivity index (χ3n) is 2.31. The van der Waals surface area contributed by atoms with E-state index in [9.17, 15) is 0 Å². The minimum absolute atomic E-state index is 0.170. The summed E-state index contributed by atoms with van der Waals surface area (Å²) in [5.41, 5.74) is 0. The Bertz CT molecular complexity index is 178. The van der Waals surface area contributed by atoms with Crippen molar-refractivity contribution in [2.45, 2.75) is 58.3 Å². The van der Waals surface area contributed by atoms with Crippen LogP contribution in [0, 0.1) is 0 Å². The molecule has 2 nitrogen and oxygen atoms in total. The lowest BCUT2D eigenvalue weighted by atomic mass is 10.1. The summed E-state index contributed by atoms with van der Waals surface area (Å²) in [6.45, 7) is 6.10. The van der Waals surface area contributed by atoms with Gasteiger partial charge in [-0.1, -0.05) is 48.8 Å². The average molecular weight is 326 g/mol. The van der Waals surface area contributed by atoms with Crippen molar-refractivity contribution in [3.63, 3.8) is 0 Å². The molecule has 0 aliphatic carbocycles. The van der Waals surface area contributed by atoms with E-state index in [1.165, 1.54) is 19.3 Å². The molecule has 0 aromatic heterocycles. The normalized spacial score (nSPS) is 14.7. The molecule has 0 aliphatic heterocycles.